The van der Waals surface area contributed by atoms with Gasteiger partial charge in [-0.3, -0.25) is 0 Å². The molecule has 0 radical (unpaired) electrons. The van der Waals surface area contributed by atoms with Crippen LogP contribution in [0.4, 0.5) is 0 Å². The summed E-state index contributed by atoms with van der Waals surface area (Å²) >= 11 is 0. The molecular weight excluding hydrogens is 198 g/mol. The topological polar surface area (TPSA) is 25.2 Å². The summed E-state index contributed by atoms with van der Waals surface area (Å²) in [5.41, 5.74) is 3.85. The molecule has 2 nitrogen and oxygen atoms in total. The Bertz CT molecular complexity index is 455. The molecule has 82 valence electrons. The van der Waals surface area contributed by atoms with E-state index in [1.807, 2.05) is 12.3 Å². The summed E-state index contributed by atoms with van der Waals surface area (Å²) in [5, 5.41) is 3.54. The molecular formula is C14H15NO. The molecule has 0 bridgehead atoms. The molecule has 1 atom stereocenters. The number of rotatable bonds is 2. The SMILES string of the molecule is c1ccc(C2CCCN2)c(-c2ccoc2)c1. The van der Waals surface area contributed by atoms with E-state index in [2.05, 4.69) is 29.6 Å². The number of hydrogen-bond donors (Lipinski definition) is 1. The summed E-state index contributed by atoms with van der Waals surface area (Å²) in [7, 11) is 0. The van der Waals surface area contributed by atoms with Gasteiger partial charge in [0.1, 0.15) is 0 Å². The van der Waals surface area contributed by atoms with Crippen molar-refractivity contribution in [1.82, 2.24) is 5.32 Å². The van der Waals surface area contributed by atoms with E-state index in [0.717, 1.165) is 6.54 Å². The third kappa shape index (κ3) is 1.65. The molecule has 0 amide bonds. The zero-order valence-corrected chi connectivity index (χ0v) is 9.15. The van der Waals surface area contributed by atoms with Crippen molar-refractivity contribution >= 4 is 0 Å². The fourth-order valence-corrected chi connectivity index (χ4v) is 2.43. The van der Waals surface area contributed by atoms with Gasteiger partial charge in [-0.25, -0.2) is 0 Å². The minimum Gasteiger partial charge on any atom is -0.472 e. The van der Waals surface area contributed by atoms with Crippen LogP contribution in [-0.4, -0.2) is 6.54 Å². The first kappa shape index (κ1) is 9.67. The van der Waals surface area contributed by atoms with Crippen molar-refractivity contribution in [3.8, 4) is 11.1 Å². The van der Waals surface area contributed by atoms with E-state index < -0.39 is 0 Å². The Kier molecular flexibility index (Phi) is 2.50. The Morgan fingerprint density at radius 2 is 2.12 bits per heavy atom. The summed E-state index contributed by atoms with van der Waals surface area (Å²) in [5.74, 6) is 0. The Hall–Kier alpha value is -1.54. The average molecular weight is 213 g/mol. The lowest BCUT2D eigenvalue weighted by atomic mass is 9.96. The van der Waals surface area contributed by atoms with Gasteiger partial charge in [0.05, 0.1) is 12.5 Å². The molecule has 2 heteroatoms. The van der Waals surface area contributed by atoms with Gasteiger partial charge >= 0.3 is 0 Å². The quantitative estimate of drug-likeness (QED) is 0.827. The van der Waals surface area contributed by atoms with Crippen LogP contribution in [0.25, 0.3) is 11.1 Å². The Morgan fingerprint density at radius 3 is 2.88 bits per heavy atom. The Balaban J connectivity index is 2.04. The average Bonchev–Trinajstić information content (AvgIpc) is 3.03. The van der Waals surface area contributed by atoms with E-state index in [1.165, 1.54) is 29.5 Å². The van der Waals surface area contributed by atoms with Crippen molar-refractivity contribution in [3.05, 3.63) is 48.4 Å². The maximum Gasteiger partial charge on any atom is 0.0981 e. The smallest absolute Gasteiger partial charge is 0.0981 e. The maximum absolute atomic E-state index is 5.17. The zero-order chi connectivity index (χ0) is 10.8. The lowest BCUT2D eigenvalue weighted by Gasteiger charge is -2.14. The number of benzene rings is 1. The maximum atomic E-state index is 5.17. The highest BCUT2D eigenvalue weighted by atomic mass is 16.3. The third-order valence-corrected chi connectivity index (χ3v) is 3.23. The highest BCUT2D eigenvalue weighted by Gasteiger charge is 2.19. The summed E-state index contributed by atoms with van der Waals surface area (Å²) in [6.07, 6.45) is 6.04. The molecule has 1 aliphatic rings. The van der Waals surface area contributed by atoms with Gasteiger partial charge in [-0.15, -0.1) is 0 Å². The van der Waals surface area contributed by atoms with E-state index in [-0.39, 0.29) is 0 Å². The standard InChI is InChI=1S/C14H15NO/c1-2-5-13(14-6-3-8-15-14)12(4-1)11-7-9-16-10-11/h1-2,4-5,7,9-10,14-15H,3,6,8H2. The van der Waals surface area contributed by atoms with Crippen molar-refractivity contribution in [2.75, 3.05) is 6.54 Å². The highest BCUT2D eigenvalue weighted by Crippen LogP contribution is 2.32. The number of hydrogen-bond acceptors (Lipinski definition) is 2. The van der Waals surface area contributed by atoms with Gasteiger partial charge in [-0.2, -0.15) is 0 Å². The molecule has 16 heavy (non-hydrogen) atoms. The first-order valence-corrected chi connectivity index (χ1v) is 5.80. The molecule has 0 saturated carbocycles. The second-order valence-electron chi connectivity index (χ2n) is 4.25. The van der Waals surface area contributed by atoms with Gasteiger partial charge in [0.15, 0.2) is 0 Å². The van der Waals surface area contributed by atoms with E-state index >= 15 is 0 Å². The fourth-order valence-electron chi connectivity index (χ4n) is 2.43. The minimum atomic E-state index is 0.506. The predicted molar refractivity (Wildman–Crippen MR) is 64.1 cm³/mol. The van der Waals surface area contributed by atoms with Crippen molar-refractivity contribution in [3.63, 3.8) is 0 Å². The summed E-state index contributed by atoms with van der Waals surface area (Å²) in [4.78, 5) is 0. The van der Waals surface area contributed by atoms with E-state index in [9.17, 15) is 0 Å². The molecule has 1 unspecified atom stereocenters. The lowest BCUT2D eigenvalue weighted by molar-refractivity contribution is 0.568. The van der Waals surface area contributed by atoms with Crippen LogP contribution >= 0.6 is 0 Å². The van der Waals surface area contributed by atoms with Gasteiger partial charge in [-0.1, -0.05) is 24.3 Å². The van der Waals surface area contributed by atoms with Crippen LogP contribution in [0.5, 0.6) is 0 Å². The molecule has 1 saturated heterocycles. The van der Waals surface area contributed by atoms with Gasteiger partial charge in [0.25, 0.3) is 0 Å². The minimum absolute atomic E-state index is 0.506. The largest absolute Gasteiger partial charge is 0.472 e. The van der Waals surface area contributed by atoms with Crippen LogP contribution in [0, 0.1) is 0 Å². The van der Waals surface area contributed by atoms with Crippen molar-refractivity contribution < 1.29 is 4.42 Å². The van der Waals surface area contributed by atoms with Crippen molar-refractivity contribution in [1.29, 1.82) is 0 Å². The Morgan fingerprint density at radius 1 is 1.19 bits per heavy atom. The molecule has 0 spiro atoms. The second-order valence-corrected chi connectivity index (χ2v) is 4.25. The third-order valence-electron chi connectivity index (χ3n) is 3.23. The van der Waals surface area contributed by atoms with Crippen LogP contribution in [0.3, 0.4) is 0 Å². The van der Waals surface area contributed by atoms with Crippen LogP contribution in [-0.2, 0) is 0 Å². The van der Waals surface area contributed by atoms with E-state index in [0.29, 0.717) is 6.04 Å². The molecule has 2 aromatic rings. The fraction of sp³-hybridized carbons (Fsp3) is 0.286. The van der Waals surface area contributed by atoms with Crippen LogP contribution in [0.2, 0.25) is 0 Å². The monoisotopic (exact) mass is 213 g/mol. The molecule has 1 aromatic carbocycles. The molecule has 3 rings (SSSR count). The Labute approximate surface area is 95.3 Å². The van der Waals surface area contributed by atoms with Crippen molar-refractivity contribution in [2.24, 2.45) is 0 Å². The van der Waals surface area contributed by atoms with Gasteiger partial charge in [-0.05, 0) is 36.6 Å². The van der Waals surface area contributed by atoms with E-state index in [1.54, 1.807) is 6.26 Å². The second kappa shape index (κ2) is 4.14. The molecule has 1 N–H and O–H groups in total. The van der Waals surface area contributed by atoms with E-state index in [4.69, 9.17) is 4.42 Å². The molecule has 1 aromatic heterocycles. The summed E-state index contributed by atoms with van der Waals surface area (Å²) in [6, 6.07) is 11.1. The van der Waals surface area contributed by atoms with Gasteiger partial charge in [0.2, 0.25) is 0 Å². The number of furan rings is 1. The molecule has 0 aliphatic carbocycles. The molecule has 1 aliphatic heterocycles. The normalized spacial score (nSPS) is 20.1. The predicted octanol–water partition coefficient (Wildman–Crippen LogP) is 3.37. The van der Waals surface area contributed by atoms with Crippen molar-refractivity contribution in [2.45, 2.75) is 18.9 Å². The first-order valence-electron chi connectivity index (χ1n) is 5.80. The van der Waals surface area contributed by atoms with Crippen LogP contribution in [0.1, 0.15) is 24.4 Å². The van der Waals surface area contributed by atoms with Gasteiger partial charge in [0, 0.05) is 11.6 Å². The summed E-state index contributed by atoms with van der Waals surface area (Å²) in [6.45, 7) is 1.13. The lowest BCUT2D eigenvalue weighted by Crippen LogP contribution is -2.13. The van der Waals surface area contributed by atoms with Crippen LogP contribution < -0.4 is 5.32 Å². The van der Waals surface area contributed by atoms with Gasteiger partial charge < -0.3 is 9.73 Å². The summed E-state index contributed by atoms with van der Waals surface area (Å²) < 4.78 is 5.17. The first-order chi connectivity index (χ1) is 7.95. The zero-order valence-electron chi connectivity index (χ0n) is 9.15. The van der Waals surface area contributed by atoms with Crippen LogP contribution in [0.15, 0.2) is 47.3 Å². The molecule has 2 heterocycles. The molecule has 1 fully saturated rings. The number of nitrogens with one attached hydrogen (secondary N) is 1. The highest BCUT2D eigenvalue weighted by molar-refractivity contribution is 5.66.